The molecular formula is C13H14N2. The topological polar surface area (TPSA) is 16.1 Å². The molecule has 1 aromatic carbocycles. The first-order valence-corrected chi connectivity index (χ1v) is 4.96. The van der Waals surface area contributed by atoms with Crippen molar-refractivity contribution in [2.24, 2.45) is 0 Å². The number of rotatable bonds is 2. The first kappa shape index (κ1) is 9.71. The first-order chi connectivity index (χ1) is 7.29. The number of aromatic nitrogens is 1. The van der Waals surface area contributed by atoms with Gasteiger partial charge in [-0.2, -0.15) is 0 Å². The van der Waals surface area contributed by atoms with Crippen LogP contribution in [0.1, 0.15) is 0 Å². The number of anilines is 1. The van der Waals surface area contributed by atoms with Gasteiger partial charge in [-0.1, -0.05) is 24.3 Å². The maximum atomic E-state index is 4.14. The average molecular weight is 198 g/mol. The minimum Gasteiger partial charge on any atom is -0.377 e. The van der Waals surface area contributed by atoms with Gasteiger partial charge in [0, 0.05) is 43.3 Å². The largest absolute Gasteiger partial charge is 0.377 e. The molecule has 0 unspecified atom stereocenters. The van der Waals surface area contributed by atoms with Gasteiger partial charge in [0.05, 0.1) is 0 Å². The predicted molar refractivity (Wildman–Crippen MR) is 64.0 cm³/mol. The van der Waals surface area contributed by atoms with Crippen molar-refractivity contribution in [1.82, 2.24) is 4.98 Å². The van der Waals surface area contributed by atoms with Gasteiger partial charge >= 0.3 is 0 Å². The van der Waals surface area contributed by atoms with E-state index in [1.54, 1.807) is 6.20 Å². The third-order valence-corrected chi connectivity index (χ3v) is 2.36. The summed E-state index contributed by atoms with van der Waals surface area (Å²) in [5, 5.41) is 0. The van der Waals surface area contributed by atoms with Gasteiger partial charge in [0.1, 0.15) is 0 Å². The summed E-state index contributed by atoms with van der Waals surface area (Å²) in [6.07, 6.45) is 3.68. The van der Waals surface area contributed by atoms with E-state index in [1.807, 2.05) is 12.3 Å². The van der Waals surface area contributed by atoms with Crippen molar-refractivity contribution in [1.29, 1.82) is 0 Å². The second-order valence-electron chi connectivity index (χ2n) is 3.65. The summed E-state index contributed by atoms with van der Waals surface area (Å²) < 4.78 is 0. The van der Waals surface area contributed by atoms with Gasteiger partial charge in [-0.25, -0.2) is 0 Å². The number of nitrogens with zero attached hydrogens (tertiary/aromatic N) is 2. The fraction of sp³-hybridized carbons (Fsp3) is 0.154. The highest BCUT2D eigenvalue weighted by molar-refractivity contribution is 5.77. The van der Waals surface area contributed by atoms with E-state index in [9.17, 15) is 0 Å². The summed E-state index contributed by atoms with van der Waals surface area (Å²) in [7, 11) is 4.10. The zero-order valence-electron chi connectivity index (χ0n) is 9.01. The van der Waals surface area contributed by atoms with Crippen LogP contribution in [0.5, 0.6) is 0 Å². The van der Waals surface area contributed by atoms with Crippen molar-refractivity contribution in [3.8, 4) is 11.1 Å². The highest BCUT2D eigenvalue weighted by Gasteiger charge is 2.04. The second kappa shape index (κ2) is 4.13. The smallest absolute Gasteiger partial charge is 0.0441 e. The molecule has 0 fully saturated rings. The van der Waals surface area contributed by atoms with Crippen LogP contribution in [-0.2, 0) is 0 Å². The van der Waals surface area contributed by atoms with Crippen LogP contribution in [0.15, 0.2) is 48.8 Å². The maximum absolute atomic E-state index is 4.14. The van der Waals surface area contributed by atoms with Gasteiger partial charge in [-0.05, 0) is 12.1 Å². The fourth-order valence-corrected chi connectivity index (χ4v) is 1.63. The van der Waals surface area contributed by atoms with Gasteiger partial charge in [0.2, 0.25) is 0 Å². The zero-order chi connectivity index (χ0) is 10.7. The van der Waals surface area contributed by atoms with E-state index in [4.69, 9.17) is 0 Å². The predicted octanol–water partition coefficient (Wildman–Crippen LogP) is 2.81. The second-order valence-corrected chi connectivity index (χ2v) is 3.65. The lowest BCUT2D eigenvalue weighted by molar-refractivity contribution is 1.13. The molecule has 76 valence electrons. The lowest BCUT2D eigenvalue weighted by Gasteiger charge is -2.17. The Hall–Kier alpha value is -1.83. The Labute approximate surface area is 90.2 Å². The molecule has 0 aliphatic heterocycles. The summed E-state index contributed by atoms with van der Waals surface area (Å²) in [5.74, 6) is 0. The van der Waals surface area contributed by atoms with Crippen LogP contribution in [-0.4, -0.2) is 19.1 Å². The monoisotopic (exact) mass is 198 g/mol. The van der Waals surface area contributed by atoms with E-state index >= 15 is 0 Å². The molecule has 0 saturated heterocycles. The van der Waals surface area contributed by atoms with Crippen molar-refractivity contribution >= 4 is 5.69 Å². The molecule has 15 heavy (non-hydrogen) atoms. The van der Waals surface area contributed by atoms with Crippen molar-refractivity contribution < 1.29 is 0 Å². The Morgan fingerprint density at radius 3 is 2.47 bits per heavy atom. The van der Waals surface area contributed by atoms with Gasteiger partial charge < -0.3 is 4.90 Å². The van der Waals surface area contributed by atoms with Crippen LogP contribution in [0.3, 0.4) is 0 Å². The maximum Gasteiger partial charge on any atom is 0.0441 e. The number of para-hydroxylation sites is 1. The molecule has 1 heterocycles. The van der Waals surface area contributed by atoms with Crippen LogP contribution in [0, 0.1) is 0 Å². The summed E-state index contributed by atoms with van der Waals surface area (Å²) in [4.78, 5) is 6.26. The van der Waals surface area contributed by atoms with Gasteiger partial charge in [0.15, 0.2) is 0 Å². The quantitative estimate of drug-likeness (QED) is 0.737. The highest BCUT2D eigenvalue weighted by atomic mass is 15.1. The molecule has 0 radical (unpaired) electrons. The molecule has 0 bridgehead atoms. The lowest BCUT2D eigenvalue weighted by atomic mass is 10.1. The Morgan fingerprint density at radius 2 is 1.80 bits per heavy atom. The number of benzene rings is 1. The average Bonchev–Trinajstić information content (AvgIpc) is 2.30. The molecule has 1 aromatic heterocycles. The summed E-state index contributed by atoms with van der Waals surface area (Å²) in [5.41, 5.74) is 3.59. The third-order valence-electron chi connectivity index (χ3n) is 2.36. The van der Waals surface area contributed by atoms with Crippen LogP contribution >= 0.6 is 0 Å². The van der Waals surface area contributed by atoms with Crippen LogP contribution in [0.4, 0.5) is 5.69 Å². The van der Waals surface area contributed by atoms with Crippen molar-refractivity contribution in [2.75, 3.05) is 19.0 Å². The van der Waals surface area contributed by atoms with E-state index in [0.29, 0.717) is 0 Å². The first-order valence-electron chi connectivity index (χ1n) is 4.96. The summed E-state index contributed by atoms with van der Waals surface area (Å²) in [6, 6.07) is 12.4. The number of pyridine rings is 1. The van der Waals surface area contributed by atoms with Crippen LogP contribution in [0.2, 0.25) is 0 Å². The third kappa shape index (κ3) is 1.99. The van der Waals surface area contributed by atoms with Crippen LogP contribution in [0.25, 0.3) is 11.1 Å². The Balaban J connectivity index is 2.53. The number of hydrogen-bond donors (Lipinski definition) is 0. The van der Waals surface area contributed by atoms with Gasteiger partial charge in [-0.3, -0.25) is 4.98 Å². The van der Waals surface area contributed by atoms with Gasteiger partial charge in [-0.15, -0.1) is 0 Å². The molecule has 0 amide bonds. The lowest BCUT2D eigenvalue weighted by Crippen LogP contribution is -2.09. The van der Waals surface area contributed by atoms with E-state index in [0.717, 1.165) is 5.56 Å². The van der Waals surface area contributed by atoms with E-state index in [2.05, 4.69) is 54.3 Å². The molecule has 2 rings (SSSR count). The molecule has 0 spiro atoms. The van der Waals surface area contributed by atoms with E-state index < -0.39 is 0 Å². The van der Waals surface area contributed by atoms with Crippen LogP contribution < -0.4 is 4.90 Å². The standard InChI is InChI=1S/C13H14N2/c1-15(2)13-8-4-3-7-12(13)11-6-5-9-14-10-11/h3-10H,1-2H3. The van der Waals surface area contributed by atoms with Crippen molar-refractivity contribution in [2.45, 2.75) is 0 Å². The molecule has 2 aromatic rings. The van der Waals surface area contributed by atoms with Crippen molar-refractivity contribution in [3.63, 3.8) is 0 Å². The molecule has 0 N–H and O–H groups in total. The molecular weight excluding hydrogens is 184 g/mol. The zero-order valence-corrected chi connectivity index (χ0v) is 9.01. The number of hydrogen-bond acceptors (Lipinski definition) is 2. The minimum absolute atomic E-state index is 1.15. The molecule has 0 saturated carbocycles. The Bertz CT molecular complexity index is 435. The van der Waals surface area contributed by atoms with Crippen molar-refractivity contribution in [3.05, 3.63) is 48.8 Å². The molecule has 2 heteroatoms. The summed E-state index contributed by atoms with van der Waals surface area (Å²) >= 11 is 0. The highest BCUT2D eigenvalue weighted by Crippen LogP contribution is 2.28. The van der Waals surface area contributed by atoms with E-state index in [1.165, 1.54) is 11.3 Å². The fourth-order valence-electron chi connectivity index (χ4n) is 1.63. The minimum atomic E-state index is 1.15. The van der Waals surface area contributed by atoms with E-state index in [-0.39, 0.29) is 0 Å². The summed E-state index contributed by atoms with van der Waals surface area (Å²) in [6.45, 7) is 0. The molecule has 0 atom stereocenters. The molecule has 0 aliphatic rings. The Morgan fingerprint density at radius 1 is 1.00 bits per heavy atom. The van der Waals surface area contributed by atoms with Gasteiger partial charge in [0.25, 0.3) is 0 Å². The Kier molecular flexibility index (Phi) is 2.68. The molecule has 0 aliphatic carbocycles. The normalized spacial score (nSPS) is 10.0. The molecule has 2 nitrogen and oxygen atoms in total. The SMILES string of the molecule is CN(C)c1ccccc1-c1cccnc1.